The van der Waals surface area contributed by atoms with Crippen LogP contribution < -0.4 is 0 Å². The fourth-order valence-corrected chi connectivity index (χ4v) is 5.65. The molecular weight excluding hydrogens is 364 g/mol. The van der Waals surface area contributed by atoms with Gasteiger partial charge in [0.1, 0.15) is 0 Å². The smallest absolute Gasteiger partial charge is 0.0900 e. The zero-order chi connectivity index (χ0) is 20.3. The molecule has 3 aromatic carbocycles. The third-order valence-corrected chi connectivity index (χ3v) is 7.06. The molecule has 2 atom stereocenters. The topological polar surface area (TPSA) is 6.48 Å². The van der Waals surface area contributed by atoms with Crippen molar-refractivity contribution in [2.45, 2.75) is 63.9 Å². The van der Waals surface area contributed by atoms with Crippen LogP contribution in [0.4, 0.5) is 0 Å². The maximum Gasteiger partial charge on any atom is 0.0900 e. The highest BCUT2D eigenvalue weighted by Gasteiger charge is 2.48. The largest absolute Gasteiger partial charge is 0.275 e. The van der Waals surface area contributed by atoms with Crippen LogP contribution in [0.15, 0.2) is 84.9 Å². The molecule has 2 nitrogen and oxygen atoms in total. The van der Waals surface area contributed by atoms with Gasteiger partial charge >= 0.3 is 0 Å². The molecule has 1 heterocycles. The first-order valence-corrected chi connectivity index (χ1v) is 11.5. The third-order valence-electron chi connectivity index (χ3n) is 7.06. The Kier molecular flexibility index (Phi) is 5.70. The molecule has 3 aromatic rings. The number of fused-ring (bicyclic) bond motifs is 1. The molecule has 2 fully saturated rings. The van der Waals surface area contributed by atoms with E-state index in [0.29, 0.717) is 18.2 Å². The molecular formula is C28H32N2. The molecule has 0 aromatic heterocycles. The van der Waals surface area contributed by atoms with E-state index in [4.69, 9.17) is 0 Å². The van der Waals surface area contributed by atoms with Crippen molar-refractivity contribution in [3.05, 3.63) is 107 Å². The molecule has 0 radical (unpaired) electrons. The number of rotatable bonds is 5. The molecule has 1 saturated carbocycles. The van der Waals surface area contributed by atoms with Crippen molar-refractivity contribution in [3.63, 3.8) is 0 Å². The van der Waals surface area contributed by atoms with Crippen molar-refractivity contribution < 1.29 is 0 Å². The number of hydrogen-bond acceptors (Lipinski definition) is 2. The molecule has 30 heavy (non-hydrogen) atoms. The Labute approximate surface area is 181 Å². The highest BCUT2D eigenvalue weighted by molar-refractivity contribution is 5.31. The fourth-order valence-electron chi connectivity index (χ4n) is 5.65. The summed E-state index contributed by atoms with van der Waals surface area (Å²) in [6.07, 6.45) is 5.66. The van der Waals surface area contributed by atoms with Crippen LogP contribution in [-0.4, -0.2) is 21.9 Å². The van der Waals surface area contributed by atoms with Crippen LogP contribution in [0, 0.1) is 6.92 Å². The second kappa shape index (κ2) is 8.75. The molecule has 0 N–H and O–H groups in total. The predicted octanol–water partition coefficient (Wildman–Crippen LogP) is 6.32. The Morgan fingerprint density at radius 2 is 1.10 bits per heavy atom. The minimum absolute atomic E-state index is 0.333. The van der Waals surface area contributed by atoms with Crippen molar-refractivity contribution in [2.75, 3.05) is 0 Å². The van der Waals surface area contributed by atoms with E-state index in [9.17, 15) is 0 Å². The second-order valence-electron chi connectivity index (χ2n) is 8.97. The van der Waals surface area contributed by atoms with Crippen molar-refractivity contribution in [1.29, 1.82) is 0 Å². The summed E-state index contributed by atoms with van der Waals surface area (Å²) in [5.74, 6) is 0. The molecule has 2 heteroatoms. The Morgan fingerprint density at radius 3 is 1.60 bits per heavy atom. The summed E-state index contributed by atoms with van der Waals surface area (Å²) in [5.41, 5.74) is 5.71. The van der Waals surface area contributed by atoms with Crippen LogP contribution in [-0.2, 0) is 13.1 Å². The van der Waals surface area contributed by atoms with Crippen LogP contribution in [0.5, 0.6) is 0 Å². The molecule has 1 aliphatic heterocycles. The number of aryl methyl sites for hydroxylation is 1. The lowest BCUT2D eigenvalue weighted by molar-refractivity contribution is 0.102. The number of benzene rings is 3. The van der Waals surface area contributed by atoms with Crippen molar-refractivity contribution in [3.8, 4) is 0 Å². The highest BCUT2D eigenvalue weighted by Crippen LogP contribution is 2.45. The molecule has 5 rings (SSSR count). The standard InChI is InChI=1S/C28H32N2/c1-22-12-8-9-17-25(22)28-29(20-23-13-4-2-5-14-23)26-18-10-11-19-27(26)30(28)21-24-15-6-3-7-16-24/h2-9,12-17,26-28H,10-11,18-21H2,1H3/t26-,27-/m1/s1. The van der Waals surface area contributed by atoms with Gasteiger partial charge in [-0.1, -0.05) is 97.8 Å². The van der Waals surface area contributed by atoms with Crippen molar-refractivity contribution in [2.24, 2.45) is 0 Å². The first-order chi connectivity index (χ1) is 14.8. The second-order valence-corrected chi connectivity index (χ2v) is 8.97. The number of nitrogens with zero attached hydrogens (tertiary/aromatic N) is 2. The maximum absolute atomic E-state index is 2.81. The third kappa shape index (κ3) is 3.82. The van der Waals surface area contributed by atoms with Gasteiger partial charge in [-0.05, 0) is 42.0 Å². The molecule has 0 spiro atoms. The lowest BCUT2D eigenvalue weighted by Gasteiger charge is -2.33. The molecule has 1 saturated heterocycles. The fraction of sp³-hybridized carbons (Fsp3) is 0.357. The first-order valence-electron chi connectivity index (χ1n) is 11.5. The lowest BCUT2D eigenvalue weighted by atomic mass is 9.90. The molecule has 1 aliphatic carbocycles. The highest BCUT2D eigenvalue weighted by atomic mass is 15.5. The van der Waals surface area contributed by atoms with E-state index in [2.05, 4.69) is 102 Å². The average molecular weight is 397 g/mol. The summed E-state index contributed by atoms with van der Waals surface area (Å²) in [6.45, 7) is 4.32. The minimum Gasteiger partial charge on any atom is -0.275 e. The van der Waals surface area contributed by atoms with Gasteiger partial charge < -0.3 is 0 Å². The van der Waals surface area contributed by atoms with E-state index < -0.39 is 0 Å². The van der Waals surface area contributed by atoms with Gasteiger partial charge in [-0.25, -0.2) is 0 Å². The van der Waals surface area contributed by atoms with Crippen molar-refractivity contribution in [1.82, 2.24) is 9.80 Å². The van der Waals surface area contributed by atoms with E-state index in [0.717, 1.165) is 13.1 Å². The monoisotopic (exact) mass is 396 g/mol. The Balaban J connectivity index is 1.57. The SMILES string of the molecule is Cc1ccccc1C1N(Cc2ccccc2)[C@@H]2CCCC[C@H]2N1Cc1ccccc1. The molecule has 154 valence electrons. The molecule has 0 amide bonds. The van der Waals surface area contributed by atoms with E-state index in [1.54, 1.807) is 0 Å². The van der Waals surface area contributed by atoms with Gasteiger partial charge in [0, 0.05) is 25.2 Å². The summed E-state index contributed by atoms with van der Waals surface area (Å²) in [4.78, 5) is 5.62. The first kappa shape index (κ1) is 19.5. The normalized spacial score (nSPS) is 22.8. The quantitative estimate of drug-likeness (QED) is 0.498. The van der Waals surface area contributed by atoms with Gasteiger partial charge in [0.05, 0.1) is 6.17 Å². The van der Waals surface area contributed by atoms with Gasteiger partial charge in [-0.2, -0.15) is 0 Å². The van der Waals surface area contributed by atoms with Gasteiger partial charge in [0.2, 0.25) is 0 Å². The average Bonchev–Trinajstić information content (AvgIpc) is 3.09. The van der Waals surface area contributed by atoms with Crippen molar-refractivity contribution >= 4 is 0 Å². The predicted molar refractivity (Wildman–Crippen MR) is 124 cm³/mol. The van der Waals surface area contributed by atoms with Crippen LogP contribution in [0.2, 0.25) is 0 Å². The minimum atomic E-state index is 0.333. The Bertz CT molecular complexity index is 895. The van der Waals surface area contributed by atoms with Gasteiger partial charge in [-0.3, -0.25) is 9.80 Å². The zero-order valence-corrected chi connectivity index (χ0v) is 18.0. The summed E-state index contributed by atoms with van der Waals surface area (Å²) < 4.78 is 0. The van der Waals surface area contributed by atoms with E-state index in [1.807, 2.05) is 0 Å². The Hall–Kier alpha value is -2.42. The van der Waals surface area contributed by atoms with Crippen LogP contribution in [0.3, 0.4) is 0 Å². The van der Waals surface area contributed by atoms with Gasteiger partial charge in [-0.15, -0.1) is 0 Å². The lowest BCUT2D eigenvalue weighted by Crippen LogP contribution is -2.39. The molecule has 0 bridgehead atoms. The van der Waals surface area contributed by atoms with Crippen LogP contribution >= 0.6 is 0 Å². The van der Waals surface area contributed by atoms with E-state index >= 15 is 0 Å². The Morgan fingerprint density at radius 1 is 0.633 bits per heavy atom. The summed E-state index contributed by atoms with van der Waals surface area (Å²) >= 11 is 0. The summed E-state index contributed by atoms with van der Waals surface area (Å²) in [5, 5.41) is 0. The van der Waals surface area contributed by atoms with Crippen LogP contribution in [0.25, 0.3) is 0 Å². The summed E-state index contributed by atoms with van der Waals surface area (Å²) in [7, 11) is 0. The molecule has 2 aliphatic rings. The van der Waals surface area contributed by atoms with E-state index in [-0.39, 0.29) is 0 Å². The maximum atomic E-state index is 2.81. The van der Waals surface area contributed by atoms with E-state index in [1.165, 1.54) is 47.9 Å². The summed E-state index contributed by atoms with van der Waals surface area (Å²) in [6, 6.07) is 32.4. The van der Waals surface area contributed by atoms with Gasteiger partial charge in [0.15, 0.2) is 0 Å². The molecule has 0 unspecified atom stereocenters. The number of hydrogen-bond donors (Lipinski definition) is 0. The zero-order valence-electron chi connectivity index (χ0n) is 18.0. The van der Waals surface area contributed by atoms with Gasteiger partial charge in [0.25, 0.3) is 0 Å². The van der Waals surface area contributed by atoms with Crippen LogP contribution in [0.1, 0.15) is 54.1 Å².